The normalized spacial score (nSPS) is 17.9. The molecular weight excluding hydrogens is 316 g/mol. The Morgan fingerprint density at radius 2 is 1.96 bits per heavy atom. The van der Waals surface area contributed by atoms with Crippen LogP contribution in [0.25, 0.3) is 0 Å². The number of hydrogen-bond donors (Lipinski definition) is 1. The summed E-state index contributed by atoms with van der Waals surface area (Å²) in [6.07, 6.45) is 0. The molecule has 1 N–H and O–H groups in total. The van der Waals surface area contributed by atoms with Crippen LogP contribution in [0.1, 0.15) is 28.9 Å². The number of morpholine rings is 1. The number of nitrogens with zero attached hydrogens (tertiary/aromatic N) is 1. The number of carbonyl (C=O) groups is 2. The Labute approximate surface area is 147 Å². The van der Waals surface area contributed by atoms with Crippen LogP contribution in [-0.2, 0) is 9.53 Å². The molecule has 2 aromatic carbocycles. The van der Waals surface area contributed by atoms with E-state index in [2.05, 4.69) is 22.3 Å². The number of hydrogen-bond acceptors (Lipinski definition) is 4. The largest absolute Gasteiger partial charge is 0.378 e. The van der Waals surface area contributed by atoms with E-state index in [-0.39, 0.29) is 24.3 Å². The highest BCUT2D eigenvalue weighted by atomic mass is 16.5. The van der Waals surface area contributed by atoms with Crippen LogP contribution in [0, 0.1) is 0 Å². The van der Waals surface area contributed by atoms with Crippen LogP contribution in [0.15, 0.2) is 54.6 Å². The second-order valence-electron chi connectivity index (χ2n) is 6.16. The molecule has 2 aromatic rings. The molecule has 1 saturated heterocycles. The molecule has 5 nitrogen and oxygen atoms in total. The second-order valence-corrected chi connectivity index (χ2v) is 6.16. The van der Waals surface area contributed by atoms with Crippen LogP contribution < -0.4 is 5.32 Å². The highest BCUT2D eigenvalue weighted by Gasteiger charge is 2.26. The molecular formula is C20H22N2O3. The van der Waals surface area contributed by atoms with Gasteiger partial charge in [0.25, 0.3) is 0 Å². The van der Waals surface area contributed by atoms with Crippen LogP contribution in [0.3, 0.4) is 0 Å². The van der Waals surface area contributed by atoms with Gasteiger partial charge in [-0.15, -0.1) is 0 Å². The molecule has 1 aliphatic heterocycles. The lowest BCUT2D eigenvalue weighted by Crippen LogP contribution is -2.43. The molecule has 0 spiro atoms. The van der Waals surface area contributed by atoms with Gasteiger partial charge in [0.15, 0.2) is 5.78 Å². The first kappa shape index (κ1) is 17.3. The van der Waals surface area contributed by atoms with E-state index in [0.29, 0.717) is 31.0 Å². The van der Waals surface area contributed by atoms with Crippen molar-refractivity contribution in [1.82, 2.24) is 4.90 Å². The van der Waals surface area contributed by atoms with E-state index >= 15 is 0 Å². The zero-order valence-corrected chi connectivity index (χ0v) is 14.3. The molecule has 5 heteroatoms. The zero-order valence-electron chi connectivity index (χ0n) is 14.3. The Morgan fingerprint density at radius 3 is 2.72 bits per heavy atom. The van der Waals surface area contributed by atoms with Gasteiger partial charge in [0, 0.05) is 17.8 Å². The minimum absolute atomic E-state index is 0.0200. The predicted octanol–water partition coefficient (Wildman–Crippen LogP) is 2.90. The molecule has 1 fully saturated rings. The quantitative estimate of drug-likeness (QED) is 0.852. The lowest BCUT2D eigenvalue weighted by atomic mass is 10.0. The average Bonchev–Trinajstić information content (AvgIpc) is 2.63. The van der Waals surface area contributed by atoms with Crippen molar-refractivity contribution < 1.29 is 14.3 Å². The molecule has 1 amide bonds. The van der Waals surface area contributed by atoms with Gasteiger partial charge in [-0.25, -0.2) is 0 Å². The summed E-state index contributed by atoms with van der Waals surface area (Å²) < 4.78 is 5.60. The van der Waals surface area contributed by atoms with E-state index in [1.54, 1.807) is 24.3 Å². The maximum absolute atomic E-state index is 12.5. The molecule has 1 atom stereocenters. The minimum atomic E-state index is -0.0940. The van der Waals surface area contributed by atoms with Crippen molar-refractivity contribution in [2.24, 2.45) is 0 Å². The Morgan fingerprint density at radius 1 is 1.16 bits per heavy atom. The van der Waals surface area contributed by atoms with Crippen molar-refractivity contribution in [3.8, 4) is 0 Å². The van der Waals surface area contributed by atoms with E-state index in [1.165, 1.54) is 6.92 Å². The summed E-state index contributed by atoms with van der Waals surface area (Å²) in [6.45, 7) is 3.71. The van der Waals surface area contributed by atoms with Crippen molar-refractivity contribution >= 4 is 17.4 Å². The topological polar surface area (TPSA) is 58.6 Å². The average molecular weight is 338 g/mol. The van der Waals surface area contributed by atoms with E-state index < -0.39 is 0 Å². The molecule has 0 unspecified atom stereocenters. The monoisotopic (exact) mass is 338 g/mol. The van der Waals surface area contributed by atoms with E-state index in [9.17, 15) is 9.59 Å². The lowest BCUT2D eigenvalue weighted by molar-refractivity contribution is -0.119. The highest BCUT2D eigenvalue weighted by molar-refractivity contribution is 5.97. The molecule has 0 bridgehead atoms. The number of amides is 1. The molecule has 25 heavy (non-hydrogen) atoms. The summed E-state index contributed by atoms with van der Waals surface area (Å²) in [4.78, 5) is 26.1. The molecule has 1 heterocycles. The Balaban J connectivity index is 1.66. The van der Waals surface area contributed by atoms with E-state index in [4.69, 9.17) is 4.74 Å². The number of nitrogens with one attached hydrogen (secondary N) is 1. The fourth-order valence-corrected chi connectivity index (χ4v) is 3.01. The van der Waals surface area contributed by atoms with Crippen molar-refractivity contribution in [3.63, 3.8) is 0 Å². The Bertz CT molecular complexity index is 746. The standard InChI is InChI=1S/C20H22N2O3/c1-15(23)17-8-5-9-18(12-17)21-20(24)13-22-10-11-25-14-19(22)16-6-3-2-4-7-16/h2-9,12,19H,10-11,13-14H2,1H3,(H,21,24)/t19-/m0/s1. The first-order valence-corrected chi connectivity index (χ1v) is 8.41. The fraction of sp³-hybridized carbons (Fsp3) is 0.300. The Kier molecular flexibility index (Phi) is 5.58. The third-order valence-electron chi connectivity index (χ3n) is 4.32. The lowest BCUT2D eigenvalue weighted by Gasteiger charge is -2.35. The van der Waals surface area contributed by atoms with Crippen molar-refractivity contribution in [1.29, 1.82) is 0 Å². The summed E-state index contributed by atoms with van der Waals surface area (Å²) in [6, 6.07) is 17.2. The Hall–Kier alpha value is -2.50. The van der Waals surface area contributed by atoms with Gasteiger partial charge < -0.3 is 10.1 Å². The van der Waals surface area contributed by atoms with Gasteiger partial charge in [-0.3, -0.25) is 14.5 Å². The minimum Gasteiger partial charge on any atom is -0.378 e. The number of ketones is 1. The number of benzene rings is 2. The summed E-state index contributed by atoms with van der Waals surface area (Å²) >= 11 is 0. The van der Waals surface area contributed by atoms with Gasteiger partial charge in [0.05, 0.1) is 25.8 Å². The molecule has 1 aliphatic rings. The van der Waals surface area contributed by atoms with Crippen LogP contribution in [0.4, 0.5) is 5.69 Å². The van der Waals surface area contributed by atoms with Crippen molar-refractivity contribution in [2.75, 3.05) is 31.6 Å². The maximum atomic E-state index is 12.5. The molecule has 0 aromatic heterocycles. The number of carbonyl (C=O) groups excluding carboxylic acids is 2. The van der Waals surface area contributed by atoms with E-state index in [0.717, 1.165) is 5.56 Å². The smallest absolute Gasteiger partial charge is 0.238 e. The maximum Gasteiger partial charge on any atom is 0.238 e. The first-order valence-electron chi connectivity index (χ1n) is 8.41. The van der Waals surface area contributed by atoms with Crippen molar-refractivity contribution in [2.45, 2.75) is 13.0 Å². The number of anilines is 1. The molecule has 0 saturated carbocycles. The molecule has 0 radical (unpaired) electrons. The number of Topliss-reactive ketones (excluding diaryl/α,β-unsaturated/α-hetero) is 1. The van der Waals surface area contributed by atoms with Crippen LogP contribution >= 0.6 is 0 Å². The van der Waals surface area contributed by atoms with Gasteiger partial charge in [0.2, 0.25) is 5.91 Å². The third-order valence-corrected chi connectivity index (χ3v) is 4.32. The van der Waals surface area contributed by atoms with Gasteiger partial charge in [-0.05, 0) is 24.6 Å². The van der Waals surface area contributed by atoms with Gasteiger partial charge in [0.1, 0.15) is 0 Å². The summed E-state index contributed by atoms with van der Waals surface area (Å²) in [5, 5.41) is 2.88. The SMILES string of the molecule is CC(=O)c1cccc(NC(=O)CN2CCOC[C@H]2c2ccccc2)c1. The number of rotatable bonds is 5. The highest BCUT2D eigenvalue weighted by Crippen LogP contribution is 2.23. The summed E-state index contributed by atoms with van der Waals surface area (Å²) in [5.74, 6) is -0.114. The first-order chi connectivity index (χ1) is 12.1. The predicted molar refractivity (Wildman–Crippen MR) is 96.7 cm³/mol. The third kappa shape index (κ3) is 4.53. The number of ether oxygens (including phenoxy) is 1. The summed E-state index contributed by atoms with van der Waals surface area (Å²) in [5.41, 5.74) is 2.38. The van der Waals surface area contributed by atoms with E-state index in [1.807, 2.05) is 18.2 Å². The van der Waals surface area contributed by atoms with Crippen molar-refractivity contribution in [3.05, 3.63) is 65.7 Å². The summed E-state index contributed by atoms with van der Waals surface area (Å²) in [7, 11) is 0. The zero-order chi connectivity index (χ0) is 17.6. The van der Waals surface area contributed by atoms with Gasteiger partial charge >= 0.3 is 0 Å². The molecule has 3 rings (SSSR count). The second kappa shape index (κ2) is 8.05. The van der Waals surface area contributed by atoms with Crippen LogP contribution in [0.5, 0.6) is 0 Å². The van der Waals surface area contributed by atoms with Gasteiger partial charge in [-0.1, -0.05) is 42.5 Å². The fourth-order valence-electron chi connectivity index (χ4n) is 3.01. The van der Waals surface area contributed by atoms with Crippen LogP contribution in [0.2, 0.25) is 0 Å². The van der Waals surface area contributed by atoms with Crippen LogP contribution in [-0.4, -0.2) is 42.9 Å². The van der Waals surface area contributed by atoms with Gasteiger partial charge in [-0.2, -0.15) is 0 Å². The molecule has 0 aliphatic carbocycles. The molecule has 130 valence electrons.